The first-order valence-electron chi connectivity index (χ1n) is 7.62. The van der Waals surface area contributed by atoms with E-state index in [2.05, 4.69) is 27.9 Å². The van der Waals surface area contributed by atoms with Crippen LogP contribution in [-0.4, -0.2) is 21.1 Å². The van der Waals surface area contributed by atoms with E-state index < -0.39 is 0 Å². The lowest BCUT2D eigenvalue weighted by molar-refractivity contribution is 0.615. The van der Waals surface area contributed by atoms with Crippen LogP contribution in [0.2, 0.25) is 5.02 Å². The van der Waals surface area contributed by atoms with E-state index in [0.717, 1.165) is 39.1 Å². The first kappa shape index (κ1) is 15.4. The molecule has 1 saturated heterocycles. The van der Waals surface area contributed by atoms with Crippen LogP contribution < -0.4 is 5.73 Å². The van der Waals surface area contributed by atoms with Crippen LogP contribution >= 0.6 is 23.4 Å². The van der Waals surface area contributed by atoms with Gasteiger partial charge < -0.3 is 10.3 Å². The predicted octanol–water partition coefficient (Wildman–Crippen LogP) is 4.41. The molecule has 0 atom stereocenters. The van der Waals surface area contributed by atoms with E-state index in [0.29, 0.717) is 22.3 Å². The number of fused-ring (bicyclic) bond motifs is 1. The third-order valence-corrected chi connectivity index (χ3v) is 6.17. The van der Waals surface area contributed by atoms with E-state index in [1.165, 1.54) is 0 Å². The fraction of sp³-hybridized carbons (Fsp3) is 0.222. The average Bonchev–Trinajstić information content (AvgIpc) is 2.86. The third-order valence-electron chi connectivity index (χ3n) is 4.51. The van der Waals surface area contributed by atoms with E-state index in [4.69, 9.17) is 17.3 Å². The molecule has 1 aromatic carbocycles. The normalized spacial score (nSPS) is 14.5. The summed E-state index contributed by atoms with van der Waals surface area (Å²) in [4.78, 5) is 4.19. The van der Waals surface area contributed by atoms with E-state index in [1.54, 1.807) is 12.4 Å². The van der Waals surface area contributed by atoms with Gasteiger partial charge in [-0.2, -0.15) is 17.0 Å². The number of nitrogens with two attached hydrogens (primary N) is 1. The number of halogens is 1. The van der Waals surface area contributed by atoms with Crippen LogP contribution in [0.4, 0.5) is 5.69 Å². The minimum atomic E-state index is 0.460. The van der Waals surface area contributed by atoms with Crippen LogP contribution in [0.15, 0.2) is 30.7 Å². The molecular weight excluding hydrogens is 340 g/mol. The number of aromatic nitrogens is 2. The quantitative estimate of drug-likeness (QED) is 0.740. The summed E-state index contributed by atoms with van der Waals surface area (Å²) >= 11 is 8.37. The van der Waals surface area contributed by atoms with Crippen molar-refractivity contribution in [1.82, 2.24) is 9.55 Å². The van der Waals surface area contributed by atoms with Crippen LogP contribution in [0.25, 0.3) is 22.0 Å². The molecule has 2 aromatic heterocycles. The smallest absolute Gasteiger partial charge is 0.0994 e. The lowest BCUT2D eigenvalue weighted by atomic mass is 10.0. The van der Waals surface area contributed by atoms with Crippen LogP contribution in [0.1, 0.15) is 17.2 Å². The summed E-state index contributed by atoms with van der Waals surface area (Å²) in [7, 11) is 0. The second kappa shape index (κ2) is 5.73. The monoisotopic (exact) mass is 354 g/mol. The molecular formula is C18H15ClN4S. The van der Waals surface area contributed by atoms with Gasteiger partial charge in [0.15, 0.2) is 0 Å². The maximum atomic E-state index is 9.39. The molecule has 0 aliphatic carbocycles. The van der Waals surface area contributed by atoms with Gasteiger partial charge in [-0.1, -0.05) is 11.6 Å². The van der Waals surface area contributed by atoms with Crippen LogP contribution in [0.5, 0.6) is 0 Å². The van der Waals surface area contributed by atoms with Gasteiger partial charge in [0, 0.05) is 45.9 Å². The molecule has 1 aliphatic heterocycles. The van der Waals surface area contributed by atoms with Gasteiger partial charge in [-0.15, -0.1) is 0 Å². The number of hydrogen-bond donors (Lipinski definition) is 1. The fourth-order valence-electron chi connectivity index (χ4n) is 3.07. The van der Waals surface area contributed by atoms with Crippen molar-refractivity contribution in [3.8, 4) is 17.2 Å². The summed E-state index contributed by atoms with van der Waals surface area (Å²) in [5.41, 5.74) is 11.0. The van der Waals surface area contributed by atoms with Gasteiger partial charge in [0.05, 0.1) is 34.6 Å². The summed E-state index contributed by atoms with van der Waals surface area (Å²) in [6, 6.07) is 6.79. The molecule has 4 rings (SSSR count). The largest absolute Gasteiger partial charge is 0.396 e. The molecule has 120 valence electrons. The number of benzene rings is 1. The van der Waals surface area contributed by atoms with E-state index in [1.807, 2.05) is 24.8 Å². The fourth-order valence-corrected chi connectivity index (χ4v) is 4.04. The zero-order valence-electron chi connectivity index (χ0n) is 13.1. The maximum absolute atomic E-state index is 9.39. The molecule has 0 bridgehead atoms. The Morgan fingerprint density at radius 1 is 1.33 bits per heavy atom. The summed E-state index contributed by atoms with van der Waals surface area (Å²) in [6.45, 7) is 1.97. The molecule has 0 unspecified atom stereocenters. The van der Waals surface area contributed by atoms with Gasteiger partial charge >= 0.3 is 0 Å². The molecule has 1 fully saturated rings. The molecule has 3 heterocycles. The average molecular weight is 355 g/mol. The number of nitrogen functional groups attached to an aromatic ring is 1. The summed E-state index contributed by atoms with van der Waals surface area (Å²) in [5.74, 6) is 2.20. The van der Waals surface area contributed by atoms with Crippen molar-refractivity contribution in [3.63, 3.8) is 0 Å². The summed E-state index contributed by atoms with van der Waals surface area (Å²) in [5, 5.41) is 10.9. The second-order valence-electron chi connectivity index (χ2n) is 6.03. The molecule has 0 radical (unpaired) electrons. The highest BCUT2D eigenvalue weighted by molar-refractivity contribution is 8.00. The van der Waals surface area contributed by atoms with Gasteiger partial charge in [-0.05, 0) is 24.6 Å². The summed E-state index contributed by atoms with van der Waals surface area (Å²) in [6.07, 6.45) is 5.41. The van der Waals surface area contributed by atoms with Crippen molar-refractivity contribution in [1.29, 1.82) is 5.26 Å². The number of nitrogens with zero attached hydrogens (tertiary/aromatic N) is 3. The van der Waals surface area contributed by atoms with Gasteiger partial charge in [0.1, 0.15) is 0 Å². The SMILES string of the molecule is Cc1cc2c(cc1C#N)c(-c1cncc(N)c1Cl)cn2C1CSC1. The minimum Gasteiger partial charge on any atom is -0.396 e. The molecule has 4 nitrogen and oxygen atoms in total. The molecule has 24 heavy (non-hydrogen) atoms. The molecule has 0 saturated carbocycles. The first-order chi connectivity index (χ1) is 11.6. The molecule has 0 amide bonds. The molecule has 3 aromatic rings. The van der Waals surface area contributed by atoms with E-state index in [9.17, 15) is 5.26 Å². The Balaban J connectivity index is 2.04. The van der Waals surface area contributed by atoms with Gasteiger partial charge in [-0.25, -0.2) is 0 Å². The Hall–Kier alpha value is -2.16. The number of nitriles is 1. The van der Waals surface area contributed by atoms with Crippen molar-refractivity contribution in [2.45, 2.75) is 13.0 Å². The Kier molecular flexibility index (Phi) is 3.67. The molecule has 2 N–H and O–H groups in total. The number of thioether (sulfide) groups is 1. The van der Waals surface area contributed by atoms with Crippen LogP contribution in [0.3, 0.4) is 0 Å². The zero-order chi connectivity index (χ0) is 16.8. The topological polar surface area (TPSA) is 67.6 Å². The third kappa shape index (κ3) is 2.26. The first-order valence-corrected chi connectivity index (χ1v) is 9.15. The summed E-state index contributed by atoms with van der Waals surface area (Å²) < 4.78 is 2.30. The highest BCUT2D eigenvalue weighted by Crippen LogP contribution is 2.41. The van der Waals surface area contributed by atoms with E-state index in [-0.39, 0.29) is 0 Å². The Morgan fingerprint density at radius 2 is 2.12 bits per heavy atom. The highest BCUT2D eigenvalue weighted by Gasteiger charge is 2.24. The number of aryl methyl sites for hydroxylation is 1. The number of hydrogen-bond acceptors (Lipinski definition) is 4. The standard InChI is InChI=1S/C18H15ClN4S/c1-10-2-17-13(3-11(10)4-20)15(7-23(17)12-8-24-9-12)14-5-22-6-16(21)18(14)19/h2-3,5-7,12H,8-9,21H2,1H3. The van der Waals surface area contributed by atoms with Crippen molar-refractivity contribution in [3.05, 3.63) is 46.9 Å². The highest BCUT2D eigenvalue weighted by atomic mass is 35.5. The van der Waals surface area contributed by atoms with Crippen molar-refractivity contribution < 1.29 is 0 Å². The molecule has 6 heteroatoms. The number of rotatable bonds is 2. The minimum absolute atomic E-state index is 0.460. The predicted molar refractivity (Wildman–Crippen MR) is 100 cm³/mol. The lowest BCUT2D eigenvalue weighted by Crippen LogP contribution is -2.21. The second-order valence-corrected chi connectivity index (χ2v) is 7.48. The van der Waals surface area contributed by atoms with Gasteiger partial charge in [-0.3, -0.25) is 4.98 Å². The molecule has 0 spiro atoms. The van der Waals surface area contributed by atoms with Crippen molar-refractivity contribution >= 4 is 40.0 Å². The van der Waals surface area contributed by atoms with Crippen LogP contribution in [0, 0.1) is 18.3 Å². The Morgan fingerprint density at radius 3 is 2.79 bits per heavy atom. The van der Waals surface area contributed by atoms with Crippen molar-refractivity contribution in [2.75, 3.05) is 17.2 Å². The number of anilines is 1. The maximum Gasteiger partial charge on any atom is 0.0994 e. The van der Waals surface area contributed by atoms with Gasteiger partial charge in [0.25, 0.3) is 0 Å². The van der Waals surface area contributed by atoms with Crippen molar-refractivity contribution in [2.24, 2.45) is 0 Å². The van der Waals surface area contributed by atoms with Gasteiger partial charge in [0.2, 0.25) is 0 Å². The Bertz CT molecular complexity index is 998. The number of pyridine rings is 1. The van der Waals surface area contributed by atoms with E-state index >= 15 is 0 Å². The Labute approximate surface area is 149 Å². The zero-order valence-corrected chi connectivity index (χ0v) is 14.7. The van der Waals surface area contributed by atoms with Crippen LogP contribution in [-0.2, 0) is 0 Å². The molecule has 1 aliphatic rings. The lowest BCUT2D eigenvalue weighted by Gasteiger charge is -2.27.